The number of nitrogens with zero attached hydrogens (tertiary/aromatic N) is 10. The molecule has 2 N–H and O–H groups in total. The van der Waals surface area contributed by atoms with Crippen LogP contribution >= 0.6 is 0 Å². The topological polar surface area (TPSA) is 166 Å². The number of aromatic nitrogens is 12. The van der Waals surface area contributed by atoms with E-state index in [-0.39, 0.29) is 0 Å². The lowest BCUT2D eigenvalue weighted by Crippen LogP contribution is -2.37. The fourth-order valence-corrected chi connectivity index (χ4v) is 10.1. The third-order valence-corrected chi connectivity index (χ3v) is 13.8. The van der Waals surface area contributed by atoms with Gasteiger partial charge >= 0.3 is 0 Å². The Hall–Kier alpha value is -6.88. The first-order valence-electron chi connectivity index (χ1n) is 25.8. The van der Waals surface area contributed by atoms with Crippen molar-refractivity contribution in [2.75, 3.05) is 110 Å². The molecule has 0 unspecified atom stereocenters. The van der Waals surface area contributed by atoms with Gasteiger partial charge in [0.05, 0.1) is 97.7 Å². The molecular weight excluding hydrogens is 969 g/mol. The Balaban J connectivity index is 1.50. The van der Waals surface area contributed by atoms with E-state index in [1.165, 1.54) is 0 Å². The summed E-state index contributed by atoms with van der Waals surface area (Å²) in [5, 5.41) is 0. The molecule has 2 aliphatic rings. The number of rotatable bonds is 28. The van der Waals surface area contributed by atoms with E-state index in [0.717, 1.165) is 90.4 Å². The molecule has 0 fully saturated rings. The van der Waals surface area contributed by atoms with Gasteiger partial charge in [-0.05, 0) is 48.6 Å². The van der Waals surface area contributed by atoms with Crippen molar-refractivity contribution in [3.63, 3.8) is 0 Å². The predicted octanol–water partition coefficient (Wildman–Crippen LogP) is 4.85. The van der Waals surface area contributed by atoms with Crippen LogP contribution in [0.25, 0.3) is 91.9 Å². The molecule has 2 aliphatic heterocycles. The maximum atomic E-state index is 5.72. The summed E-state index contributed by atoms with van der Waals surface area (Å²) in [5.41, 5.74) is 10.2. The molecule has 0 saturated heterocycles. The SMILES string of the molecule is COCCn1cc[n+](CCOC)c1-c1c2nc(c(-c3n(CCOC)cc[n+]3CCOC)c3ccc([nH]3)c(-c3n(CCOC)cc[n+]3CCOC)c3nc(c(-c4n(CCOC)cc[n+]4CCOC)c4ccc1[nH]4)C=C3)C=C2. The summed E-state index contributed by atoms with van der Waals surface area (Å²) in [6.07, 6.45) is 25.4. The quantitative estimate of drug-likeness (QED) is 0.0649. The van der Waals surface area contributed by atoms with Gasteiger partial charge in [0.15, 0.2) is 0 Å². The summed E-state index contributed by atoms with van der Waals surface area (Å²) < 4.78 is 63.5. The Morgan fingerprint density at radius 1 is 0.342 bits per heavy atom. The molecule has 9 rings (SSSR count). The van der Waals surface area contributed by atoms with Gasteiger partial charge in [0.1, 0.15) is 124 Å². The molecule has 0 amide bonds. The first-order chi connectivity index (χ1) is 37.4. The Morgan fingerprint density at radius 3 is 0.776 bits per heavy atom. The number of methoxy groups -OCH3 is 8. The van der Waals surface area contributed by atoms with Crippen LogP contribution in [0, 0.1) is 0 Å². The summed E-state index contributed by atoms with van der Waals surface area (Å²) in [4.78, 5) is 19.4. The van der Waals surface area contributed by atoms with Crippen LogP contribution in [0.4, 0.5) is 0 Å². The van der Waals surface area contributed by atoms with E-state index in [1.54, 1.807) is 56.9 Å². The first-order valence-corrected chi connectivity index (χ1v) is 25.8. The monoisotopic (exact) mass is 1040 g/mol. The molecule has 402 valence electrons. The molecule has 0 spiro atoms. The molecule has 0 aromatic carbocycles. The third-order valence-electron chi connectivity index (χ3n) is 13.8. The standard InChI is InChI=1S/C56H73N12O8/c1-69-33-25-61-17-18-62(26-34-70-2)53(61)49-41-9-11-43(57-41)50(54-63(27-35-71-3)19-20-64(54)28-36-72-4)45-13-15-47(59-45)52(56-67(31-39-75-7)23-24-68(56)32-40-76-8)48-16-14-46(60-48)51(44-12-10-42(49)58-44)55-65(29-37-73-5)21-22-66(55)30-38-74-6/h9-24H,25-40H2,1-8H3,(H,57,58,59,60)/q+3/p+1. The van der Waals surface area contributed by atoms with Crippen molar-refractivity contribution in [3.05, 3.63) is 96.6 Å². The minimum absolute atomic E-state index is 0.507. The molecule has 8 bridgehead atoms. The van der Waals surface area contributed by atoms with Crippen molar-refractivity contribution < 1.29 is 56.2 Å². The van der Waals surface area contributed by atoms with Gasteiger partial charge in [0.2, 0.25) is 0 Å². The maximum Gasteiger partial charge on any atom is 0.293 e. The fraction of sp³-hybridized carbons (Fsp3) is 0.429. The van der Waals surface area contributed by atoms with E-state index in [0.29, 0.717) is 105 Å². The number of aromatic amines is 2. The number of H-pyrrole nitrogens is 2. The van der Waals surface area contributed by atoms with Gasteiger partial charge in [-0.25, -0.2) is 46.5 Å². The van der Waals surface area contributed by atoms with Crippen LogP contribution in [0.5, 0.6) is 0 Å². The van der Waals surface area contributed by atoms with Gasteiger partial charge in [-0.15, -0.1) is 0 Å². The van der Waals surface area contributed by atoms with Gasteiger partial charge in [-0.3, -0.25) is 0 Å². The molecule has 7 aromatic heterocycles. The molecule has 20 nitrogen and oxygen atoms in total. The Bertz CT molecular complexity index is 2790. The van der Waals surface area contributed by atoms with Gasteiger partial charge in [-0.2, -0.15) is 0 Å². The lowest BCUT2D eigenvalue weighted by molar-refractivity contribution is -0.687. The molecule has 7 aromatic rings. The summed E-state index contributed by atoms with van der Waals surface area (Å²) in [6, 6.07) is 8.64. The van der Waals surface area contributed by atoms with Gasteiger partial charge in [0, 0.05) is 56.9 Å². The molecule has 9 heterocycles. The van der Waals surface area contributed by atoms with Crippen LogP contribution < -0.4 is 18.3 Å². The number of hydrogen-bond acceptors (Lipinski definition) is 10. The highest BCUT2D eigenvalue weighted by molar-refractivity contribution is 5.97. The third kappa shape index (κ3) is 11.3. The predicted molar refractivity (Wildman–Crippen MR) is 288 cm³/mol. The summed E-state index contributed by atoms with van der Waals surface area (Å²) >= 11 is 0. The smallest absolute Gasteiger partial charge is 0.293 e. The number of nitrogens with one attached hydrogen (secondary N) is 2. The molecule has 0 saturated carbocycles. The van der Waals surface area contributed by atoms with Crippen LogP contribution in [0.1, 0.15) is 22.8 Å². The zero-order chi connectivity index (χ0) is 53.0. The van der Waals surface area contributed by atoms with E-state index >= 15 is 0 Å². The lowest BCUT2D eigenvalue weighted by Gasteiger charge is -2.09. The van der Waals surface area contributed by atoms with E-state index in [9.17, 15) is 0 Å². The summed E-state index contributed by atoms with van der Waals surface area (Å²) in [7, 11) is 13.9. The Labute approximate surface area is 443 Å². The Morgan fingerprint density at radius 2 is 0.566 bits per heavy atom. The molecule has 0 radical (unpaired) electrons. The second-order valence-corrected chi connectivity index (χ2v) is 18.5. The number of fused-ring (bicyclic) bond motifs is 8. The van der Waals surface area contributed by atoms with Crippen LogP contribution in [0.15, 0.2) is 73.8 Å². The summed E-state index contributed by atoms with van der Waals surface area (Å²) in [5.74, 6) is 3.79. The maximum absolute atomic E-state index is 5.72. The van der Waals surface area contributed by atoms with Crippen molar-refractivity contribution in [1.29, 1.82) is 0 Å². The molecule has 20 heteroatoms. The number of ether oxygens (including phenoxy) is 8. The minimum Gasteiger partial charge on any atom is -0.381 e. The molecule has 76 heavy (non-hydrogen) atoms. The van der Waals surface area contributed by atoms with Crippen LogP contribution in [0.3, 0.4) is 0 Å². The minimum atomic E-state index is 0.507. The van der Waals surface area contributed by atoms with E-state index in [4.69, 9.17) is 47.9 Å². The summed E-state index contributed by atoms with van der Waals surface area (Å²) in [6.45, 7) is 8.91. The van der Waals surface area contributed by atoms with Crippen molar-refractivity contribution in [2.24, 2.45) is 0 Å². The van der Waals surface area contributed by atoms with Crippen molar-refractivity contribution in [1.82, 2.24) is 38.2 Å². The zero-order valence-electron chi connectivity index (χ0n) is 45.3. The van der Waals surface area contributed by atoms with E-state index < -0.39 is 0 Å². The second kappa shape index (κ2) is 25.8. The van der Waals surface area contributed by atoms with Crippen molar-refractivity contribution >= 4 is 46.4 Å². The highest BCUT2D eigenvalue weighted by atomic mass is 16.5. The van der Waals surface area contributed by atoms with Crippen molar-refractivity contribution in [2.45, 2.75) is 52.4 Å². The van der Waals surface area contributed by atoms with E-state index in [2.05, 4.69) is 145 Å². The highest BCUT2D eigenvalue weighted by Crippen LogP contribution is 2.37. The first kappa shape index (κ1) is 53.9. The second-order valence-electron chi connectivity index (χ2n) is 18.5. The number of hydrogen-bond donors (Lipinski definition) is 2. The van der Waals surface area contributed by atoms with Crippen LogP contribution in [0.2, 0.25) is 0 Å². The number of imidazole rings is 4. The van der Waals surface area contributed by atoms with Gasteiger partial charge in [0.25, 0.3) is 23.3 Å². The molecular formula is C56H74N12O8+4. The molecule has 0 atom stereocenters. The average Bonchev–Trinajstić information content (AvgIpc) is 4.36. The van der Waals surface area contributed by atoms with Crippen LogP contribution in [-0.4, -0.2) is 148 Å². The zero-order valence-corrected chi connectivity index (χ0v) is 45.3. The van der Waals surface area contributed by atoms with E-state index in [1.807, 2.05) is 0 Å². The average molecular weight is 1040 g/mol. The largest absolute Gasteiger partial charge is 0.381 e. The Kier molecular flexibility index (Phi) is 18.3. The van der Waals surface area contributed by atoms with Crippen molar-refractivity contribution in [3.8, 4) is 45.6 Å². The van der Waals surface area contributed by atoms with Crippen LogP contribution in [-0.2, 0) is 90.3 Å². The normalized spacial score (nSPS) is 12.3. The fourth-order valence-electron chi connectivity index (χ4n) is 10.1. The molecule has 0 aliphatic carbocycles. The lowest BCUT2D eigenvalue weighted by atomic mass is 10.1. The highest BCUT2D eigenvalue weighted by Gasteiger charge is 2.33. The van der Waals surface area contributed by atoms with Gasteiger partial charge < -0.3 is 47.9 Å². The van der Waals surface area contributed by atoms with Gasteiger partial charge in [-0.1, -0.05) is 0 Å².